The predicted octanol–water partition coefficient (Wildman–Crippen LogP) is 4.11. The molecule has 0 unspecified atom stereocenters. The third-order valence-electron chi connectivity index (χ3n) is 5.09. The fourth-order valence-electron chi connectivity index (χ4n) is 3.42. The van der Waals surface area contributed by atoms with Crippen molar-refractivity contribution in [1.29, 1.82) is 0 Å². The molecule has 2 aromatic carbocycles. The summed E-state index contributed by atoms with van der Waals surface area (Å²) in [6.07, 6.45) is -1.56. The van der Waals surface area contributed by atoms with Crippen molar-refractivity contribution in [3.05, 3.63) is 88.1 Å². The summed E-state index contributed by atoms with van der Waals surface area (Å²) in [6.45, 7) is 5.79. The van der Waals surface area contributed by atoms with Crippen molar-refractivity contribution in [2.45, 2.75) is 31.7 Å². The molecule has 0 bridgehead atoms. The Morgan fingerprint density at radius 1 is 1.19 bits per heavy atom. The van der Waals surface area contributed by atoms with Gasteiger partial charge in [-0.3, -0.25) is 4.79 Å². The number of hydrogen-bond acceptors (Lipinski definition) is 5. The highest BCUT2D eigenvalue weighted by Gasteiger charge is 2.54. The van der Waals surface area contributed by atoms with E-state index in [1.165, 1.54) is 7.11 Å². The number of rotatable bonds is 9. The molecular weight excluding hydrogens is 462 g/mol. The van der Waals surface area contributed by atoms with Crippen LogP contribution < -0.4 is 0 Å². The van der Waals surface area contributed by atoms with E-state index in [-0.39, 0.29) is 12.7 Å². The highest BCUT2D eigenvalue weighted by molar-refractivity contribution is 9.10. The molecule has 3 rings (SSSR count). The molecule has 0 aliphatic carbocycles. The Labute approximate surface area is 190 Å². The molecular formula is C24H24BrNO5. The first-order valence-electron chi connectivity index (χ1n) is 9.74. The lowest BCUT2D eigenvalue weighted by Crippen LogP contribution is -2.70. The Kier molecular flexibility index (Phi) is 7.82. The van der Waals surface area contributed by atoms with E-state index in [0.717, 1.165) is 10.0 Å². The number of β-lactam (4-membered cyclic amide) rings is 1. The summed E-state index contributed by atoms with van der Waals surface area (Å²) in [6, 6.07) is 15.9. The van der Waals surface area contributed by atoms with Gasteiger partial charge in [0.1, 0.15) is 12.8 Å². The second-order valence-electron chi connectivity index (χ2n) is 7.13. The summed E-state index contributed by atoms with van der Waals surface area (Å²) in [5, 5.41) is 0. The molecule has 0 saturated carbocycles. The van der Waals surface area contributed by atoms with Gasteiger partial charge in [-0.25, -0.2) is 4.79 Å². The van der Waals surface area contributed by atoms with Gasteiger partial charge in [-0.05, 0) is 36.8 Å². The van der Waals surface area contributed by atoms with Crippen molar-refractivity contribution in [2.24, 2.45) is 0 Å². The smallest absolute Gasteiger partial charge is 0.338 e. The van der Waals surface area contributed by atoms with E-state index in [4.69, 9.17) is 14.2 Å². The van der Waals surface area contributed by atoms with Gasteiger partial charge in [0.2, 0.25) is 0 Å². The summed E-state index contributed by atoms with van der Waals surface area (Å²) < 4.78 is 17.3. The molecule has 1 fully saturated rings. The van der Waals surface area contributed by atoms with E-state index < -0.39 is 24.2 Å². The van der Waals surface area contributed by atoms with Gasteiger partial charge in [-0.15, -0.1) is 5.73 Å². The average Bonchev–Trinajstić information content (AvgIpc) is 2.79. The number of benzene rings is 2. The molecule has 162 valence electrons. The third kappa shape index (κ3) is 5.32. The lowest BCUT2D eigenvalue weighted by molar-refractivity contribution is -0.197. The van der Waals surface area contributed by atoms with Gasteiger partial charge in [-0.2, -0.15) is 0 Å². The number of carbonyl (C=O) groups is 2. The topological polar surface area (TPSA) is 65.1 Å². The van der Waals surface area contributed by atoms with Gasteiger partial charge in [-0.1, -0.05) is 52.8 Å². The fourth-order valence-corrected chi connectivity index (χ4v) is 3.68. The van der Waals surface area contributed by atoms with Crippen LogP contribution in [-0.2, 0) is 25.5 Å². The van der Waals surface area contributed by atoms with E-state index in [1.807, 2.05) is 30.3 Å². The van der Waals surface area contributed by atoms with Gasteiger partial charge >= 0.3 is 5.97 Å². The number of ether oxygens (including phenoxy) is 3. The highest BCUT2D eigenvalue weighted by atomic mass is 79.9. The van der Waals surface area contributed by atoms with Crippen LogP contribution in [0.4, 0.5) is 0 Å². The number of methoxy groups -OCH3 is 1. The maximum atomic E-state index is 12.8. The highest BCUT2D eigenvalue weighted by Crippen LogP contribution is 2.32. The molecule has 6 nitrogen and oxygen atoms in total. The van der Waals surface area contributed by atoms with Crippen LogP contribution in [0.15, 0.2) is 77.0 Å². The fraction of sp³-hybridized carbons (Fsp3) is 0.292. The zero-order chi connectivity index (χ0) is 22.4. The van der Waals surface area contributed by atoms with E-state index >= 15 is 0 Å². The van der Waals surface area contributed by atoms with Gasteiger partial charge in [0.05, 0.1) is 5.56 Å². The van der Waals surface area contributed by atoms with Crippen LogP contribution in [0.5, 0.6) is 0 Å². The average molecular weight is 486 g/mol. The van der Waals surface area contributed by atoms with E-state index in [1.54, 1.807) is 36.1 Å². The van der Waals surface area contributed by atoms with Gasteiger partial charge in [0, 0.05) is 23.7 Å². The Morgan fingerprint density at radius 3 is 2.48 bits per heavy atom. The van der Waals surface area contributed by atoms with Crippen LogP contribution >= 0.6 is 15.9 Å². The number of carbonyl (C=O) groups excluding carboxylic acids is 2. The summed E-state index contributed by atoms with van der Waals surface area (Å²) in [5.41, 5.74) is 4.78. The Hall–Kier alpha value is -2.70. The van der Waals surface area contributed by atoms with E-state index in [9.17, 15) is 9.59 Å². The quantitative estimate of drug-likeness (QED) is 0.231. The lowest BCUT2D eigenvalue weighted by atomic mass is 9.88. The molecule has 0 radical (unpaired) electrons. The number of hydrogen-bond donors (Lipinski definition) is 0. The molecule has 2 aromatic rings. The normalized spacial score (nSPS) is 18.7. The van der Waals surface area contributed by atoms with Crippen molar-refractivity contribution in [2.75, 3.05) is 13.9 Å². The molecule has 1 aliphatic rings. The van der Waals surface area contributed by atoms with Crippen molar-refractivity contribution in [3.8, 4) is 0 Å². The Balaban J connectivity index is 1.88. The summed E-state index contributed by atoms with van der Waals surface area (Å²) in [4.78, 5) is 27.3. The number of amides is 1. The second kappa shape index (κ2) is 10.6. The van der Waals surface area contributed by atoms with Crippen molar-refractivity contribution < 1.29 is 23.8 Å². The molecule has 0 N–H and O–H groups in total. The number of nitrogens with zero attached hydrogens (tertiary/aromatic N) is 1. The molecule has 1 heterocycles. The zero-order valence-corrected chi connectivity index (χ0v) is 19.0. The second-order valence-corrected chi connectivity index (χ2v) is 8.04. The first kappa shape index (κ1) is 23.0. The maximum Gasteiger partial charge on any atom is 0.338 e. The van der Waals surface area contributed by atoms with Gasteiger partial charge in [0.15, 0.2) is 12.2 Å². The van der Waals surface area contributed by atoms with Gasteiger partial charge in [0.25, 0.3) is 5.91 Å². The third-order valence-corrected chi connectivity index (χ3v) is 5.62. The molecule has 7 heteroatoms. The van der Waals surface area contributed by atoms with Crippen LogP contribution in [0.3, 0.4) is 0 Å². The molecule has 0 aromatic heterocycles. The molecule has 0 spiro atoms. The van der Waals surface area contributed by atoms with E-state index in [2.05, 4.69) is 28.2 Å². The monoisotopic (exact) mass is 485 g/mol. The predicted molar refractivity (Wildman–Crippen MR) is 119 cm³/mol. The molecule has 1 saturated heterocycles. The molecule has 31 heavy (non-hydrogen) atoms. The van der Waals surface area contributed by atoms with Crippen LogP contribution in [0.25, 0.3) is 0 Å². The number of esters is 1. The lowest BCUT2D eigenvalue weighted by Gasteiger charge is -2.49. The first-order chi connectivity index (χ1) is 15.0. The van der Waals surface area contributed by atoms with Crippen LogP contribution in [0.2, 0.25) is 0 Å². The van der Waals surface area contributed by atoms with Crippen LogP contribution in [0.1, 0.15) is 22.8 Å². The minimum atomic E-state index is -0.797. The SMILES string of the molecule is C=C=C(C)[C@@H](OC(=O)c1ccc(Br)cc1)[C@H]1[C@@H](OCOC)C(=O)N1Cc1ccccc1. The standard InChI is InChI=1S/C24H24BrNO5/c1-4-16(2)21(31-24(28)18-10-12-19(25)13-11-18)20-22(30-15-29-3)23(27)26(20)14-17-8-6-5-7-9-17/h5-13,20-22H,1,14-15H2,2-3H3/t20-,21+,22+/m0/s1. The minimum Gasteiger partial charge on any atom is -0.451 e. The largest absolute Gasteiger partial charge is 0.451 e. The molecule has 3 atom stereocenters. The molecule has 1 amide bonds. The minimum absolute atomic E-state index is 0.0453. The zero-order valence-electron chi connectivity index (χ0n) is 17.4. The number of halogens is 1. The van der Waals surface area contributed by atoms with Crippen LogP contribution in [0, 0.1) is 0 Å². The number of likely N-dealkylation sites (tertiary alicyclic amines) is 1. The van der Waals surface area contributed by atoms with Crippen molar-refractivity contribution in [1.82, 2.24) is 4.90 Å². The summed E-state index contributed by atoms with van der Waals surface area (Å²) >= 11 is 3.35. The van der Waals surface area contributed by atoms with E-state index in [0.29, 0.717) is 17.7 Å². The molecule has 1 aliphatic heterocycles. The summed E-state index contributed by atoms with van der Waals surface area (Å²) in [5.74, 6) is -0.691. The Morgan fingerprint density at radius 2 is 1.87 bits per heavy atom. The van der Waals surface area contributed by atoms with Gasteiger partial charge < -0.3 is 19.1 Å². The Bertz CT molecular complexity index is 969. The van der Waals surface area contributed by atoms with Crippen molar-refractivity contribution in [3.63, 3.8) is 0 Å². The first-order valence-corrected chi connectivity index (χ1v) is 10.5. The maximum absolute atomic E-state index is 12.8. The summed E-state index contributed by atoms with van der Waals surface area (Å²) in [7, 11) is 1.49. The van der Waals surface area contributed by atoms with Crippen LogP contribution in [-0.4, -0.2) is 48.9 Å². The van der Waals surface area contributed by atoms with Crippen molar-refractivity contribution >= 4 is 27.8 Å².